The molecule has 1 saturated carbocycles. The molecule has 1 saturated heterocycles. The number of rotatable bonds is 8. The summed E-state index contributed by atoms with van der Waals surface area (Å²) in [6, 6.07) is 0.457. The number of fused-ring (bicyclic) bond motifs is 1. The Labute approximate surface area is 199 Å². The van der Waals surface area contributed by atoms with Crippen molar-refractivity contribution >= 4 is 34.3 Å². The first kappa shape index (κ1) is 24.8. The van der Waals surface area contributed by atoms with Crippen LogP contribution in [0.4, 0.5) is 14.5 Å². The molecule has 2 heterocycles. The fourth-order valence-corrected chi connectivity index (χ4v) is 4.44. The number of halogens is 2. The molecule has 0 radical (unpaired) electrons. The van der Waals surface area contributed by atoms with Gasteiger partial charge in [-0.05, 0) is 39.2 Å². The van der Waals surface area contributed by atoms with Gasteiger partial charge in [-0.3, -0.25) is 19.2 Å². The van der Waals surface area contributed by atoms with E-state index in [4.69, 9.17) is 15.2 Å². The topological polar surface area (TPSA) is 121 Å². The fourth-order valence-electron chi connectivity index (χ4n) is 4.44. The monoisotopic (exact) mass is 491 g/mol. The number of anilines is 1. The smallest absolute Gasteiger partial charge is 0.328 e. The Balaban J connectivity index is 1.89. The van der Waals surface area contributed by atoms with Crippen molar-refractivity contribution in [2.24, 2.45) is 11.7 Å². The van der Waals surface area contributed by atoms with Gasteiger partial charge in [-0.15, -0.1) is 0 Å². The van der Waals surface area contributed by atoms with Crippen molar-refractivity contribution in [1.82, 2.24) is 4.57 Å². The number of pyridine rings is 1. The standard InChI is InChI=1S/C24H27F2N3O6/c1-3-34-23(32)17(24(33)35-4-2)22(31)15-11-29(13-5-6-13)19-14(21(15)30)9-16(25)20(18(19)26)28-8-7-12(27)10-28/h9,11-13,17H,3-8,10,27H2,1-2H3. The number of ketones is 1. The maximum absolute atomic E-state index is 15.8. The predicted octanol–water partition coefficient (Wildman–Crippen LogP) is 2.08. The maximum atomic E-state index is 15.8. The Morgan fingerprint density at radius 3 is 2.26 bits per heavy atom. The molecule has 4 rings (SSSR count). The van der Waals surface area contributed by atoms with E-state index in [1.54, 1.807) is 0 Å². The number of Topliss-reactive ketones (excluding diaryl/α,β-unsaturated/α-hetero) is 1. The molecule has 35 heavy (non-hydrogen) atoms. The first-order valence-electron chi connectivity index (χ1n) is 11.6. The number of hydrogen-bond donors (Lipinski definition) is 1. The van der Waals surface area contributed by atoms with Crippen LogP contribution in [-0.4, -0.2) is 54.6 Å². The summed E-state index contributed by atoms with van der Waals surface area (Å²) in [5, 5.41) is -0.350. The van der Waals surface area contributed by atoms with Crippen molar-refractivity contribution < 1.29 is 32.6 Å². The van der Waals surface area contributed by atoms with Crippen molar-refractivity contribution in [2.45, 2.75) is 45.2 Å². The fraction of sp³-hybridized carbons (Fsp3) is 0.500. The maximum Gasteiger partial charge on any atom is 0.328 e. The second-order valence-electron chi connectivity index (χ2n) is 8.72. The van der Waals surface area contributed by atoms with Crippen LogP contribution in [0.1, 0.15) is 49.5 Å². The van der Waals surface area contributed by atoms with Crippen LogP contribution in [0.15, 0.2) is 17.1 Å². The highest BCUT2D eigenvalue weighted by Gasteiger charge is 2.40. The molecule has 11 heteroatoms. The molecule has 2 aromatic rings. The third-order valence-electron chi connectivity index (χ3n) is 6.24. The van der Waals surface area contributed by atoms with Gasteiger partial charge in [0.2, 0.25) is 5.92 Å². The van der Waals surface area contributed by atoms with E-state index in [0.717, 1.165) is 12.3 Å². The Morgan fingerprint density at radius 1 is 1.11 bits per heavy atom. The number of carbonyl (C=O) groups excluding carboxylic acids is 3. The van der Waals surface area contributed by atoms with E-state index >= 15 is 8.78 Å². The Morgan fingerprint density at radius 2 is 1.74 bits per heavy atom. The molecule has 1 aliphatic heterocycles. The summed E-state index contributed by atoms with van der Waals surface area (Å²) in [6.45, 7) is 3.42. The highest BCUT2D eigenvalue weighted by atomic mass is 19.1. The number of benzene rings is 1. The highest BCUT2D eigenvalue weighted by Crippen LogP contribution is 2.40. The van der Waals surface area contributed by atoms with E-state index in [2.05, 4.69) is 0 Å². The number of aromatic nitrogens is 1. The molecule has 1 aromatic carbocycles. The minimum atomic E-state index is -2.02. The van der Waals surface area contributed by atoms with E-state index in [-0.39, 0.29) is 48.4 Å². The van der Waals surface area contributed by atoms with Crippen LogP contribution in [0.2, 0.25) is 0 Å². The molecule has 9 nitrogen and oxygen atoms in total. The van der Waals surface area contributed by atoms with Crippen molar-refractivity contribution in [3.63, 3.8) is 0 Å². The summed E-state index contributed by atoms with van der Waals surface area (Å²) in [7, 11) is 0. The summed E-state index contributed by atoms with van der Waals surface area (Å²) in [6.07, 6.45) is 3.04. The molecule has 2 N–H and O–H groups in total. The molecule has 0 bridgehead atoms. The average molecular weight is 491 g/mol. The van der Waals surface area contributed by atoms with Crippen molar-refractivity contribution in [3.05, 3.63) is 39.7 Å². The number of carbonyl (C=O) groups is 3. The lowest BCUT2D eigenvalue weighted by atomic mass is 9.96. The van der Waals surface area contributed by atoms with Crippen molar-refractivity contribution in [3.8, 4) is 0 Å². The summed E-state index contributed by atoms with van der Waals surface area (Å²) in [5.74, 6) is -7.35. The predicted molar refractivity (Wildman–Crippen MR) is 122 cm³/mol. The quantitative estimate of drug-likeness (QED) is 0.339. The van der Waals surface area contributed by atoms with Gasteiger partial charge in [0.25, 0.3) is 0 Å². The molecule has 1 atom stereocenters. The van der Waals surface area contributed by atoms with E-state index in [9.17, 15) is 19.2 Å². The third-order valence-corrected chi connectivity index (χ3v) is 6.24. The van der Waals surface area contributed by atoms with Crippen LogP contribution in [0.5, 0.6) is 0 Å². The van der Waals surface area contributed by atoms with Crippen LogP contribution in [0.25, 0.3) is 10.9 Å². The van der Waals surface area contributed by atoms with Crippen LogP contribution in [0, 0.1) is 17.6 Å². The number of ether oxygens (including phenoxy) is 2. The SMILES string of the molecule is CCOC(=O)C(C(=O)OCC)C(=O)c1cn(C2CC2)c2c(F)c(N3CCC(N)C3)c(F)cc2c1=O. The van der Waals surface area contributed by atoms with Gasteiger partial charge in [-0.2, -0.15) is 0 Å². The van der Waals surface area contributed by atoms with Crippen molar-refractivity contribution in [1.29, 1.82) is 0 Å². The van der Waals surface area contributed by atoms with Gasteiger partial charge < -0.3 is 24.7 Å². The summed E-state index contributed by atoms with van der Waals surface area (Å²) in [5.41, 5.74) is 3.99. The van der Waals surface area contributed by atoms with E-state index < -0.39 is 46.3 Å². The zero-order valence-electron chi connectivity index (χ0n) is 19.5. The molecular weight excluding hydrogens is 464 g/mol. The molecule has 2 fully saturated rings. The second kappa shape index (κ2) is 9.73. The van der Waals surface area contributed by atoms with Gasteiger partial charge in [-0.1, -0.05) is 0 Å². The van der Waals surface area contributed by atoms with Crippen LogP contribution >= 0.6 is 0 Å². The van der Waals surface area contributed by atoms with Gasteiger partial charge in [0.15, 0.2) is 17.0 Å². The van der Waals surface area contributed by atoms with E-state index in [0.29, 0.717) is 25.8 Å². The molecular formula is C24H27F2N3O6. The summed E-state index contributed by atoms with van der Waals surface area (Å²) >= 11 is 0. The molecule has 0 amide bonds. The third kappa shape index (κ3) is 4.52. The largest absolute Gasteiger partial charge is 0.465 e. The number of nitrogens with zero attached hydrogens (tertiary/aromatic N) is 2. The highest BCUT2D eigenvalue weighted by molar-refractivity contribution is 6.21. The Hall–Kier alpha value is -3.34. The van der Waals surface area contributed by atoms with Gasteiger partial charge >= 0.3 is 11.9 Å². The second-order valence-corrected chi connectivity index (χ2v) is 8.72. The number of esters is 2. The van der Waals surface area contributed by atoms with Gasteiger partial charge in [-0.25, -0.2) is 8.78 Å². The van der Waals surface area contributed by atoms with Gasteiger partial charge in [0.1, 0.15) is 11.5 Å². The van der Waals surface area contributed by atoms with Gasteiger partial charge in [0, 0.05) is 31.4 Å². The molecule has 0 spiro atoms. The molecule has 1 aromatic heterocycles. The molecule has 188 valence electrons. The normalized spacial score (nSPS) is 17.8. The minimum absolute atomic E-state index is 0.106. The lowest BCUT2D eigenvalue weighted by Crippen LogP contribution is -2.37. The molecule has 1 aliphatic carbocycles. The lowest BCUT2D eigenvalue weighted by molar-refractivity contribution is -0.158. The van der Waals surface area contributed by atoms with Gasteiger partial charge in [0.05, 0.1) is 29.7 Å². The van der Waals surface area contributed by atoms with E-state index in [1.807, 2.05) is 0 Å². The average Bonchev–Trinajstić information content (AvgIpc) is 3.56. The van der Waals surface area contributed by atoms with E-state index in [1.165, 1.54) is 23.3 Å². The zero-order valence-corrected chi connectivity index (χ0v) is 19.5. The lowest BCUT2D eigenvalue weighted by Gasteiger charge is -2.22. The first-order chi connectivity index (χ1) is 16.7. The van der Waals surface area contributed by atoms with Crippen LogP contribution < -0.4 is 16.1 Å². The molecule has 2 aliphatic rings. The first-order valence-corrected chi connectivity index (χ1v) is 11.6. The Bertz CT molecular complexity index is 1240. The molecule has 1 unspecified atom stereocenters. The zero-order chi connectivity index (χ0) is 25.4. The number of nitrogens with two attached hydrogens (primary N) is 1. The van der Waals surface area contributed by atoms with Crippen LogP contribution in [-0.2, 0) is 19.1 Å². The van der Waals surface area contributed by atoms with Crippen LogP contribution in [0.3, 0.4) is 0 Å². The van der Waals surface area contributed by atoms with Crippen molar-refractivity contribution in [2.75, 3.05) is 31.2 Å². The summed E-state index contributed by atoms with van der Waals surface area (Å²) < 4.78 is 42.0. The Kier molecular flexibility index (Phi) is 6.88. The minimum Gasteiger partial charge on any atom is -0.465 e. The summed E-state index contributed by atoms with van der Waals surface area (Å²) in [4.78, 5) is 53.0. The number of hydrogen-bond acceptors (Lipinski definition) is 8.